The van der Waals surface area contributed by atoms with Gasteiger partial charge in [0.1, 0.15) is 12.3 Å². The van der Waals surface area contributed by atoms with E-state index in [9.17, 15) is 0 Å². The molecule has 4 rings (SSSR count). The molecular weight excluding hydrogens is 322 g/mol. The molecule has 3 N–H and O–H groups in total. The average Bonchev–Trinajstić information content (AvgIpc) is 3.15. The van der Waals surface area contributed by atoms with Crippen LogP contribution in [0, 0.1) is 6.92 Å². The molecule has 4 aromatic rings. The second-order valence-electron chi connectivity index (χ2n) is 6.95. The summed E-state index contributed by atoms with van der Waals surface area (Å²) in [5.74, 6) is 0.914. The van der Waals surface area contributed by atoms with Crippen LogP contribution >= 0.6 is 0 Å². The summed E-state index contributed by atoms with van der Waals surface area (Å²) < 4.78 is 7.61. The monoisotopic (exact) mass is 348 g/mol. The van der Waals surface area contributed by atoms with Crippen LogP contribution in [0.15, 0.2) is 48.7 Å². The third kappa shape index (κ3) is 2.97. The number of hydrogen-bond acceptors (Lipinski definition) is 1. The van der Waals surface area contributed by atoms with Crippen LogP contribution in [0.5, 0.6) is 5.75 Å². The van der Waals surface area contributed by atoms with E-state index in [2.05, 4.69) is 71.4 Å². The van der Waals surface area contributed by atoms with Crippen molar-refractivity contribution in [2.75, 3.05) is 13.7 Å². The summed E-state index contributed by atoms with van der Waals surface area (Å²) in [6.45, 7) is 4.23. The Morgan fingerprint density at radius 3 is 2.81 bits per heavy atom. The number of benzene rings is 2. The lowest BCUT2D eigenvalue weighted by Gasteiger charge is -2.04. The molecule has 4 heteroatoms. The molecule has 4 nitrogen and oxygen atoms in total. The van der Waals surface area contributed by atoms with Gasteiger partial charge in [-0.2, -0.15) is 0 Å². The molecule has 0 unspecified atom stereocenters. The van der Waals surface area contributed by atoms with Crippen molar-refractivity contribution in [2.24, 2.45) is 7.05 Å². The van der Waals surface area contributed by atoms with Crippen LogP contribution in [0.25, 0.3) is 21.8 Å². The molecule has 0 saturated carbocycles. The van der Waals surface area contributed by atoms with Crippen molar-refractivity contribution in [3.8, 4) is 5.75 Å². The Morgan fingerprint density at radius 2 is 1.96 bits per heavy atom. The molecule has 2 aromatic heterocycles. The third-order valence-electron chi connectivity index (χ3n) is 5.27. The zero-order valence-electron chi connectivity index (χ0n) is 15.7. The van der Waals surface area contributed by atoms with E-state index in [0.29, 0.717) is 0 Å². The number of nitrogens with two attached hydrogens (primary N) is 1. The van der Waals surface area contributed by atoms with Gasteiger partial charge in [0, 0.05) is 52.7 Å². The number of aromatic nitrogens is 2. The van der Waals surface area contributed by atoms with Crippen LogP contribution in [-0.2, 0) is 20.0 Å². The van der Waals surface area contributed by atoms with Crippen molar-refractivity contribution >= 4 is 21.8 Å². The minimum Gasteiger partial charge on any atom is -0.497 e. The topological polar surface area (TPSA) is 46.6 Å². The molecule has 0 amide bonds. The highest BCUT2D eigenvalue weighted by Crippen LogP contribution is 2.26. The molecule has 0 spiro atoms. The predicted octanol–water partition coefficient (Wildman–Crippen LogP) is 3.28. The van der Waals surface area contributed by atoms with E-state index in [-0.39, 0.29) is 0 Å². The fourth-order valence-corrected chi connectivity index (χ4v) is 3.90. The van der Waals surface area contributed by atoms with Crippen molar-refractivity contribution < 1.29 is 10.1 Å². The molecule has 2 heterocycles. The van der Waals surface area contributed by atoms with Gasteiger partial charge >= 0.3 is 0 Å². The van der Waals surface area contributed by atoms with Crippen molar-refractivity contribution in [1.29, 1.82) is 0 Å². The Labute approximate surface area is 153 Å². The van der Waals surface area contributed by atoms with Gasteiger partial charge in [0.25, 0.3) is 0 Å². The van der Waals surface area contributed by atoms with Gasteiger partial charge in [-0.25, -0.2) is 0 Å². The Balaban J connectivity index is 1.46. The molecule has 0 aliphatic heterocycles. The van der Waals surface area contributed by atoms with Gasteiger partial charge in [-0.05, 0) is 36.8 Å². The number of ether oxygens (including phenoxy) is 1. The Bertz CT molecular complexity index is 1060. The fourth-order valence-electron chi connectivity index (χ4n) is 3.90. The van der Waals surface area contributed by atoms with Crippen molar-refractivity contribution in [1.82, 2.24) is 9.55 Å². The van der Waals surface area contributed by atoms with Crippen LogP contribution in [0.2, 0.25) is 0 Å². The van der Waals surface area contributed by atoms with Gasteiger partial charge in [-0.1, -0.05) is 18.2 Å². The lowest BCUT2D eigenvalue weighted by atomic mass is 10.1. The SMILES string of the molecule is COc1ccc2[nH]c(C)c(CC[NH2+]Cc3cn(C)c4ccccc34)c2c1. The Hall–Kier alpha value is -2.72. The highest BCUT2D eigenvalue weighted by Gasteiger charge is 2.11. The first kappa shape index (κ1) is 16.7. The van der Waals surface area contributed by atoms with Crippen LogP contribution in [0.4, 0.5) is 0 Å². The minimum absolute atomic E-state index is 0.914. The number of fused-ring (bicyclic) bond motifs is 2. The first-order chi connectivity index (χ1) is 12.7. The molecule has 134 valence electrons. The standard InChI is InChI=1S/C22H25N3O/c1-15-18(20-12-17(26-3)8-9-21(20)24-15)10-11-23-13-16-14-25(2)22-7-5-4-6-19(16)22/h4-9,12,14,23-24H,10-11,13H2,1-3H3/p+1. The fraction of sp³-hybridized carbons (Fsp3) is 0.273. The van der Waals surface area contributed by atoms with Crippen molar-refractivity contribution in [2.45, 2.75) is 19.9 Å². The first-order valence-electron chi connectivity index (χ1n) is 9.17. The summed E-state index contributed by atoms with van der Waals surface area (Å²) in [6, 6.07) is 14.9. The van der Waals surface area contributed by atoms with E-state index in [0.717, 1.165) is 25.3 Å². The van der Waals surface area contributed by atoms with Gasteiger partial charge < -0.3 is 19.6 Å². The number of hydrogen-bond donors (Lipinski definition) is 2. The number of rotatable bonds is 6. The molecule has 0 atom stereocenters. The second kappa shape index (κ2) is 6.89. The van der Waals surface area contributed by atoms with Gasteiger partial charge in [0.05, 0.1) is 13.7 Å². The number of methoxy groups -OCH3 is 1. The lowest BCUT2D eigenvalue weighted by molar-refractivity contribution is -0.669. The highest BCUT2D eigenvalue weighted by molar-refractivity contribution is 5.86. The van der Waals surface area contributed by atoms with Crippen molar-refractivity contribution in [3.63, 3.8) is 0 Å². The summed E-state index contributed by atoms with van der Waals surface area (Å²) >= 11 is 0. The maximum atomic E-state index is 5.39. The highest BCUT2D eigenvalue weighted by atomic mass is 16.5. The Morgan fingerprint density at radius 1 is 1.12 bits per heavy atom. The van der Waals surface area contributed by atoms with E-state index in [4.69, 9.17) is 4.74 Å². The van der Waals surface area contributed by atoms with Gasteiger partial charge in [-0.3, -0.25) is 0 Å². The predicted molar refractivity (Wildman–Crippen MR) is 107 cm³/mol. The molecule has 0 aliphatic carbocycles. The molecular formula is C22H26N3O+. The van der Waals surface area contributed by atoms with Gasteiger partial charge in [0.2, 0.25) is 0 Å². The molecule has 0 fully saturated rings. The number of quaternary nitrogens is 1. The zero-order valence-corrected chi connectivity index (χ0v) is 15.7. The molecule has 0 bridgehead atoms. The summed E-state index contributed by atoms with van der Waals surface area (Å²) in [5.41, 5.74) is 6.54. The van der Waals surface area contributed by atoms with E-state index in [1.54, 1.807) is 7.11 Å². The quantitative estimate of drug-likeness (QED) is 0.516. The van der Waals surface area contributed by atoms with Crippen LogP contribution < -0.4 is 10.1 Å². The van der Waals surface area contributed by atoms with E-state index in [1.807, 2.05) is 6.07 Å². The van der Waals surface area contributed by atoms with Crippen LogP contribution in [0.1, 0.15) is 16.8 Å². The summed E-state index contributed by atoms with van der Waals surface area (Å²) in [5, 5.41) is 5.04. The van der Waals surface area contributed by atoms with Crippen LogP contribution in [-0.4, -0.2) is 23.2 Å². The lowest BCUT2D eigenvalue weighted by Crippen LogP contribution is -2.83. The summed E-state index contributed by atoms with van der Waals surface area (Å²) in [7, 11) is 3.84. The number of nitrogens with one attached hydrogen (secondary N) is 1. The molecule has 0 radical (unpaired) electrons. The normalized spacial score (nSPS) is 11.5. The summed E-state index contributed by atoms with van der Waals surface area (Å²) in [4.78, 5) is 3.49. The third-order valence-corrected chi connectivity index (χ3v) is 5.27. The van der Waals surface area contributed by atoms with Gasteiger partial charge in [0.15, 0.2) is 0 Å². The average molecular weight is 348 g/mol. The maximum Gasteiger partial charge on any atom is 0.119 e. The Kier molecular flexibility index (Phi) is 4.43. The number of nitrogens with zero attached hydrogens (tertiary/aromatic N) is 1. The van der Waals surface area contributed by atoms with Crippen LogP contribution in [0.3, 0.4) is 0 Å². The molecule has 0 saturated heterocycles. The number of aryl methyl sites for hydroxylation is 2. The number of H-pyrrole nitrogens is 1. The smallest absolute Gasteiger partial charge is 0.119 e. The second-order valence-corrected chi connectivity index (χ2v) is 6.95. The first-order valence-corrected chi connectivity index (χ1v) is 9.17. The zero-order chi connectivity index (χ0) is 18.1. The largest absolute Gasteiger partial charge is 0.497 e. The van der Waals surface area contributed by atoms with E-state index in [1.165, 1.54) is 38.6 Å². The summed E-state index contributed by atoms with van der Waals surface area (Å²) in [6.07, 6.45) is 3.30. The minimum atomic E-state index is 0.914. The molecule has 26 heavy (non-hydrogen) atoms. The van der Waals surface area contributed by atoms with Gasteiger partial charge in [-0.15, -0.1) is 0 Å². The maximum absolute atomic E-state index is 5.39. The number of aromatic amines is 1. The molecule has 2 aromatic carbocycles. The number of para-hydroxylation sites is 1. The molecule has 0 aliphatic rings. The van der Waals surface area contributed by atoms with E-state index >= 15 is 0 Å². The van der Waals surface area contributed by atoms with Crippen molar-refractivity contribution in [3.05, 3.63) is 65.5 Å². The van der Waals surface area contributed by atoms with E-state index < -0.39 is 0 Å².